The molecule has 0 aromatic carbocycles. The smallest absolute Gasteiger partial charge is 0.271 e. The van der Waals surface area contributed by atoms with E-state index in [4.69, 9.17) is 11.6 Å². The molecule has 2 rings (SSSR count). The fourth-order valence-electron chi connectivity index (χ4n) is 1.91. The number of aromatic nitrogens is 4. The zero-order valence-electron chi connectivity index (χ0n) is 11.1. The molecule has 102 valence electrons. The standard InChI is InChI=1S/C12H16ClN5O/c1-4-18-11(10(13)7-15-18)12(19)14-6-9-5-8(2)16-17(9)3/h5,7H,4,6H2,1-3H3,(H,14,19). The Balaban J connectivity index is 2.09. The molecule has 0 fully saturated rings. The van der Waals surface area contributed by atoms with Crippen LogP contribution < -0.4 is 5.32 Å². The molecule has 0 bridgehead atoms. The van der Waals surface area contributed by atoms with Gasteiger partial charge in [0, 0.05) is 13.6 Å². The molecular formula is C12H16ClN5O. The van der Waals surface area contributed by atoms with Crippen molar-refractivity contribution < 1.29 is 4.79 Å². The van der Waals surface area contributed by atoms with Gasteiger partial charge in [-0.15, -0.1) is 0 Å². The van der Waals surface area contributed by atoms with E-state index in [1.807, 2.05) is 27.0 Å². The number of halogens is 1. The molecule has 1 amide bonds. The van der Waals surface area contributed by atoms with Crippen LogP contribution in [-0.4, -0.2) is 25.5 Å². The highest BCUT2D eigenvalue weighted by Crippen LogP contribution is 2.15. The van der Waals surface area contributed by atoms with Gasteiger partial charge in [-0.2, -0.15) is 10.2 Å². The number of nitrogens with one attached hydrogen (secondary N) is 1. The van der Waals surface area contributed by atoms with Crippen molar-refractivity contribution in [3.63, 3.8) is 0 Å². The molecule has 1 N–H and O–H groups in total. The number of amides is 1. The van der Waals surface area contributed by atoms with E-state index in [2.05, 4.69) is 15.5 Å². The van der Waals surface area contributed by atoms with Gasteiger partial charge in [-0.05, 0) is 19.9 Å². The Morgan fingerprint density at radius 1 is 1.53 bits per heavy atom. The van der Waals surface area contributed by atoms with E-state index < -0.39 is 0 Å². The largest absolute Gasteiger partial charge is 0.345 e. The number of nitrogens with zero attached hydrogens (tertiary/aromatic N) is 4. The topological polar surface area (TPSA) is 64.7 Å². The number of rotatable bonds is 4. The molecule has 0 aliphatic carbocycles. The van der Waals surface area contributed by atoms with Crippen LogP contribution in [0.2, 0.25) is 5.02 Å². The average molecular weight is 282 g/mol. The molecule has 0 saturated carbocycles. The molecule has 0 aliphatic heterocycles. The molecule has 6 nitrogen and oxygen atoms in total. The lowest BCUT2D eigenvalue weighted by molar-refractivity contribution is 0.0939. The van der Waals surface area contributed by atoms with E-state index in [9.17, 15) is 4.79 Å². The van der Waals surface area contributed by atoms with Gasteiger partial charge in [-0.1, -0.05) is 11.6 Å². The zero-order valence-corrected chi connectivity index (χ0v) is 11.9. The quantitative estimate of drug-likeness (QED) is 0.924. The molecule has 0 unspecified atom stereocenters. The van der Waals surface area contributed by atoms with Crippen LogP contribution in [0.4, 0.5) is 0 Å². The number of carbonyl (C=O) groups is 1. The summed E-state index contributed by atoms with van der Waals surface area (Å²) in [6, 6.07) is 1.93. The zero-order chi connectivity index (χ0) is 14.0. The first kappa shape index (κ1) is 13.6. The summed E-state index contributed by atoms with van der Waals surface area (Å²) in [5, 5.41) is 11.5. The molecule has 7 heteroatoms. The van der Waals surface area contributed by atoms with Crippen molar-refractivity contribution in [2.45, 2.75) is 26.9 Å². The summed E-state index contributed by atoms with van der Waals surface area (Å²) in [7, 11) is 1.85. The van der Waals surface area contributed by atoms with Crippen LogP contribution in [0.1, 0.15) is 28.8 Å². The second kappa shape index (κ2) is 5.44. The van der Waals surface area contributed by atoms with Gasteiger partial charge in [0.15, 0.2) is 0 Å². The van der Waals surface area contributed by atoms with Gasteiger partial charge in [0.2, 0.25) is 0 Å². The highest BCUT2D eigenvalue weighted by molar-refractivity contribution is 6.33. The minimum Gasteiger partial charge on any atom is -0.345 e. The summed E-state index contributed by atoms with van der Waals surface area (Å²) >= 11 is 5.97. The van der Waals surface area contributed by atoms with Gasteiger partial charge < -0.3 is 5.32 Å². The Morgan fingerprint density at radius 3 is 2.84 bits per heavy atom. The maximum Gasteiger partial charge on any atom is 0.271 e. The van der Waals surface area contributed by atoms with E-state index >= 15 is 0 Å². The first-order chi connectivity index (χ1) is 9.02. The first-order valence-corrected chi connectivity index (χ1v) is 6.39. The van der Waals surface area contributed by atoms with Gasteiger partial charge in [0.1, 0.15) is 5.69 Å². The Labute approximate surface area is 116 Å². The predicted molar refractivity (Wildman–Crippen MR) is 72.0 cm³/mol. The SMILES string of the molecule is CCn1ncc(Cl)c1C(=O)NCc1cc(C)nn1C. The van der Waals surface area contributed by atoms with Crippen molar-refractivity contribution in [1.82, 2.24) is 24.9 Å². The van der Waals surface area contributed by atoms with Gasteiger partial charge in [0.25, 0.3) is 5.91 Å². The highest BCUT2D eigenvalue weighted by atomic mass is 35.5. The van der Waals surface area contributed by atoms with Crippen LogP contribution in [0.25, 0.3) is 0 Å². The van der Waals surface area contributed by atoms with E-state index in [1.165, 1.54) is 6.20 Å². The maximum atomic E-state index is 12.1. The molecule has 0 spiro atoms. The Kier molecular flexibility index (Phi) is 3.90. The Morgan fingerprint density at radius 2 is 2.26 bits per heavy atom. The van der Waals surface area contributed by atoms with E-state index in [-0.39, 0.29) is 5.91 Å². The van der Waals surface area contributed by atoms with Crippen LogP contribution >= 0.6 is 11.6 Å². The summed E-state index contributed by atoms with van der Waals surface area (Å²) in [6.45, 7) is 4.82. The van der Waals surface area contributed by atoms with E-state index in [0.29, 0.717) is 23.8 Å². The average Bonchev–Trinajstić information content (AvgIpc) is 2.89. The lowest BCUT2D eigenvalue weighted by Gasteiger charge is -2.07. The van der Waals surface area contributed by atoms with Gasteiger partial charge in [-0.3, -0.25) is 14.2 Å². The number of hydrogen-bond acceptors (Lipinski definition) is 3. The summed E-state index contributed by atoms with van der Waals surface area (Å²) in [6.07, 6.45) is 1.48. The minimum atomic E-state index is -0.233. The van der Waals surface area contributed by atoms with Crippen molar-refractivity contribution in [2.75, 3.05) is 0 Å². The number of carbonyl (C=O) groups excluding carboxylic acids is 1. The van der Waals surface area contributed by atoms with Crippen molar-refractivity contribution in [1.29, 1.82) is 0 Å². The van der Waals surface area contributed by atoms with Crippen molar-refractivity contribution in [3.8, 4) is 0 Å². The first-order valence-electron chi connectivity index (χ1n) is 6.02. The molecule has 19 heavy (non-hydrogen) atoms. The van der Waals surface area contributed by atoms with E-state index in [1.54, 1.807) is 9.36 Å². The molecule has 0 radical (unpaired) electrons. The monoisotopic (exact) mass is 281 g/mol. The molecule has 0 atom stereocenters. The lowest BCUT2D eigenvalue weighted by Crippen LogP contribution is -2.27. The second-order valence-electron chi connectivity index (χ2n) is 4.24. The lowest BCUT2D eigenvalue weighted by atomic mass is 10.3. The number of aryl methyl sites for hydroxylation is 3. The third kappa shape index (κ3) is 2.78. The van der Waals surface area contributed by atoms with Crippen molar-refractivity contribution in [2.24, 2.45) is 7.05 Å². The molecule has 2 aromatic heterocycles. The highest BCUT2D eigenvalue weighted by Gasteiger charge is 2.16. The van der Waals surface area contributed by atoms with Crippen molar-refractivity contribution in [3.05, 3.63) is 34.4 Å². The van der Waals surface area contributed by atoms with Crippen LogP contribution in [0.3, 0.4) is 0 Å². The molecule has 2 aromatic rings. The Hall–Kier alpha value is -1.82. The van der Waals surface area contributed by atoms with Gasteiger partial charge in [-0.25, -0.2) is 0 Å². The molecule has 2 heterocycles. The molecular weight excluding hydrogens is 266 g/mol. The normalized spacial score (nSPS) is 10.7. The maximum absolute atomic E-state index is 12.1. The van der Waals surface area contributed by atoms with Crippen LogP contribution in [0.15, 0.2) is 12.3 Å². The van der Waals surface area contributed by atoms with Gasteiger partial charge in [0.05, 0.1) is 29.2 Å². The minimum absolute atomic E-state index is 0.233. The van der Waals surface area contributed by atoms with Crippen molar-refractivity contribution >= 4 is 17.5 Å². The third-order valence-electron chi connectivity index (χ3n) is 2.84. The fraction of sp³-hybridized carbons (Fsp3) is 0.417. The third-order valence-corrected chi connectivity index (χ3v) is 3.11. The summed E-state index contributed by atoms with van der Waals surface area (Å²) < 4.78 is 3.32. The van der Waals surface area contributed by atoms with E-state index in [0.717, 1.165) is 11.4 Å². The summed E-state index contributed by atoms with van der Waals surface area (Å²) in [5.74, 6) is -0.233. The van der Waals surface area contributed by atoms with Crippen LogP contribution in [-0.2, 0) is 20.1 Å². The summed E-state index contributed by atoms with van der Waals surface area (Å²) in [4.78, 5) is 12.1. The number of hydrogen-bond donors (Lipinski definition) is 1. The van der Waals surface area contributed by atoms with Gasteiger partial charge >= 0.3 is 0 Å². The Bertz CT molecular complexity index is 601. The molecule has 0 aliphatic rings. The molecule has 0 saturated heterocycles. The van der Waals surface area contributed by atoms with Crippen LogP contribution in [0, 0.1) is 6.92 Å². The summed E-state index contributed by atoms with van der Waals surface area (Å²) in [5.41, 5.74) is 2.25. The van der Waals surface area contributed by atoms with Crippen LogP contribution in [0.5, 0.6) is 0 Å². The predicted octanol–water partition coefficient (Wildman–Crippen LogP) is 1.53. The second-order valence-corrected chi connectivity index (χ2v) is 4.65. The fourth-order valence-corrected chi connectivity index (χ4v) is 2.14.